The van der Waals surface area contributed by atoms with E-state index in [1.807, 2.05) is 0 Å². The van der Waals surface area contributed by atoms with Gasteiger partial charge in [-0.15, -0.1) is 0 Å². The number of nitrogens with zero attached hydrogens (tertiary/aromatic N) is 5. The zero-order chi connectivity index (χ0) is 22.8. The second-order valence-corrected chi connectivity index (χ2v) is 6.82. The van der Waals surface area contributed by atoms with Gasteiger partial charge in [0.1, 0.15) is 5.65 Å². The maximum atomic E-state index is 14.3. The van der Waals surface area contributed by atoms with E-state index < -0.39 is 41.0 Å². The predicted molar refractivity (Wildman–Crippen MR) is 102 cm³/mol. The van der Waals surface area contributed by atoms with Gasteiger partial charge in [0.05, 0.1) is 11.2 Å². The number of pyridine rings is 3. The van der Waals surface area contributed by atoms with Crippen molar-refractivity contribution in [2.75, 3.05) is 0 Å². The van der Waals surface area contributed by atoms with Gasteiger partial charge in [-0.3, -0.25) is 14.3 Å². The maximum Gasteiger partial charge on any atom is 0.436 e. The molecule has 4 aromatic heterocycles. The van der Waals surface area contributed by atoms with Crippen LogP contribution in [0.5, 0.6) is 0 Å². The lowest BCUT2D eigenvalue weighted by atomic mass is 10.1. The minimum absolute atomic E-state index is 0.0892. The normalized spacial score (nSPS) is 12.5. The molecule has 32 heavy (non-hydrogen) atoms. The van der Waals surface area contributed by atoms with Crippen LogP contribution in [0.15, 0.2) is 53.6 Å². The first-order valence-electron chi connectivity index (χ1n) is 9.00. The van der Waals surface area contributed by atoms with Crippen LogP contribution in [0.3, 0.4) is 0 Å². The SMILES string of the molecule is O=c1c2nn(C(F)F)cc2c2cc(F)c(C(F)(F)F)nc2n1-c1cccc2ncccc12. The Morgan fingerprint density at radius 3 is 2.50 bits per heavy atom. The number of halogens is 6. The molecule has 0 N–H and O–H groups in total. The third-order valence-corrected chi connectivity index (χ3v) is 4.93. The molecule has 0 fully saturated rings. The predicted octanol–water partition coefficient (Wildman–Crippen LogP) is 4.84. The zero-order valence-corrected chi connectivity index (χ0v) is 15.6. The van der Waals surface area contributed by atoms with E-state index in [1.54, 1.807) is 18.2 Å². The summed E-state index contributed by atoms with van der Waals surface area (Å²) in [5, 5.41) is 3.42. The van der Waals surface area contributed by atoms with Gasteiger partial charge in [0.25, 0.3) is 5.56 Å². The lowest BCUT2D eigenvalue weighted by Crippen LogP contribution is -2.22. The fourth-order valence-corrected chi connectivity index (χ4v) is 3.60. The van der Waals surface area contributed by atoms with Crippen LogP contribution in [0, 0.1) is 5.82 Å². The maximum absolute atomic E-state index is 14.3. The van der Waals surface area contributed by atoms with Crippen LogP contribution in [-0.2, 0) is 6.18 Å². The Bertz CT molecular complexity index is 1580. The topological polar surface area (TPSA) is 65.6 Å². The van der Waals surface area contributed by atoms with Gasteiger partial charge in [0.2, 0.25) is 0 Å². The van der Waals surface area contributed by atoms with E-state index in [-0.39, 0.29) is 21.1 Å². The second kappa shape index (κ2) is 6.77. The Balaban J connectivity index is 2.03. The summed E-state index contributed by atoms with van der Waals surface area (Å²) < 4.78 is 81.9. The number of fused-ring (bicyclic) bond motifs is 4. The smallest absolute Gasteiger partial charge is 0.266 e. The van der Waals surface area contributed by atoms with Crippen molar-refractivity contribution in [1.82, 2.24) is 24.3 Å². The van der Waals surface area contributed by atoms with E-state index in [9.17, 15) is 31.1 Å². The summed E-state index contributed by atoms with van der Waals surface area (Å²) in [6.07, 6.45) is -2.90. The summed E-state index contributed by atoms with van der Waals surface area (Å²) in [5.74, 6) is -1.71. The van der Waals surface area contributed by atoms with E-state index in [1.165, 1.54) is 18.3 Å². The number of rotatable bonds is 2. The molecular weight excluding hydrogens is 440 g/mol. The molecule has 0 aliphatic rings. The molecule has 0 radical (unpaired) electrons. The van der Waals surface area contributed by atoms with Crippen molar-refractivity contribution < 1.29 is 26.3 Å². The molecule has 0 unspecified atom stereocenters. The molecule has 162 valence electrons. The van der Waals surface area contributed by atoms with Gasteiger partial charge in [-0.25, -0.2) is 14.1 Å². The molecule has 12 heteroatoms. The molecule has 0 aliphatic heterocycles. The Labute approximate surface area is 173 Å². The highest BCUT2D eigenvalue weighted by Crippen LogP contribution is 2.34. The average Bonchev–Trinajstić information content (AvgIpc) is 3.20. The van der Waals surface area contributed by atoms with Crippen LogP contribution in [0.2, 0.25) is 0 Å². The third-order valence-electron chi connectivity index (χ3n) is 4.93. The Hall–Kier alpha value is -3.96. The van der Waals surface area contributed by atoms with Gasteiger partial charge < -0.3 is 0 Å². The molecule has 0 bridgehead atoms. The first-order valence-corrected chi connectivity index (χ1v) is 9.00. The van der Waals surface area contributed by atoms with Crippen LogP contribution in [0.1, 0.15) is 12.2 Å². The molecule has 0 saturated carbocycles. The molecule has 1 aromatic carbocycles. The summed E-state index contributed by atoms with van der Waals surface area (Å²) in [6, 6.07) is 8.20. The number of hydrogen-bond acceptors (Lipinski definition) is 4. The van der Waals surface area contributed by atoms with Crippen molar-refractivity contribution in [3.8, 4) is 5.69 Å². The van der Waals surface area contributed by atoms with Crippen LogP contribution < -0.4 is 5.56 Å². The molecule has 5 rings (SSSR count). The molecule has 0 atom stereocenters. The van der Waals surface area contributed by atoms with Crippen molar-refractivity contribution in [3.63, 3.8) is 0 Å². The average molecular weight is 449 g/mol. The summed E-state index contributed by atoms with van der Waals surface area (Å²) >= 11 is 0. The number of hydrogen-bond donors (Lipinski definition) is 0. The molecule has 0 spiro atoms. The number of alkyl halides is 5. The first-order chi connectivity index (χ1) is 15.2. The number of aromatic nitrogens is 5. The van der Waals surface area contributed by atoms with Crippen LogP contribution in [0.25, 0.3) is 38.5 Å². The minimum atomic E-state index is -5.15. The van der Waals surface area contributed by atoms with E-state index >= 15 is 0 Å². The van der Waals surface area contributed by atoms with E-state index in [0.29, 0.717) is 17.0 Å². The Morgan fingerprint density at radius 2 is 1.78 bits per heavy atom. The zero-order valence-electron chi connectivity index (χ0n) is 15.6. The highest BCUT2D eigenvalue weighted by atomic mass is 19.4. The third kappa shape index (κ3) is 2.90. The van der Waals surface area contributed by atoms with Gasteiger partial charge in [0.15, 0.2) is 17.0 Å². The number of benzene rings is 1. The van der Waals surface area contributed by atoms with Gasteiger partial charge in [-0.1, -0.05) is 6.07 Å². The molecule has 0 saturated heterocycles. The lowest BCUT2D eigenvalue weighted by molar-refractivity contribution is -0.143. The lowest BCUT2D eigenvalue weighted by Gasteiger charge is -2.15. The summed E-state index contributed by atoms with van der Waals surface area (Å²) in [7, 11) is 0. The largest absolute Gasteiger partial charge is 0.436 e. The molecule has 0 amide bonds. The van der Waals surface area contributed by atoms with Crippen molar-refractivity contribution in [2.24, 2.45) is 0 Å². The van der Waals surface area contributed by atoms with Crippen molar-refractivity contribution in [1.29, 1.82) is 0 Å². The Morgan fingerprint density at radius 1 is 1.00 bits per heavy atom. The monoisotopic (exact) mass is 449 g/mol. The Kier molecular flexibility index (Phi) is 4.23. The highest BCUT2D eigenvalue weighted by molar-refractivity contribution is 6.04. The van der Waals surface area contributed by atoms with Gasteiger partial charge in [0, 0.05) is 28.6 Å². The molecule has 6 nitrogen and oxygen atoms in total. The summed E-state index contributed by atoms with van der Waals surface area (Å²) in [4.78, 5) is 20.8. The first kappa shape index (κ1) is 20.0. The summed E-state index contributed by atoms with van der Waals surface area (Å²) in [6.45, 7) is -3.13. The fraction of sp³-hybridized carbons (Fsp3) is 0.100. The van der Waals surface area contributed by atoms with Gasteiger partial charge in [-0.2, -0.15) is 27.1 Å². The van der Waals surface area contributed by atoms with Crippen LogP contribution in [0.4, 0.5) is 26.3 Å². The van der Waals surface area contributed by atoms with Crippen LogP contribution >= 0.6 is 0 Å². The van der Waals surface area contributed by atoms with E-state index in [4.69, 9.17) is 0 Å². The fourth-order valence-electron chi connectivity index (χ4n) is 3.60. The minimum Gasteiger partial charge on any atom is -0.266 e. The molecule has 4 heterocycles. The van der Waals surface area contributed by atoms with E-state index in [0.717, 1.165) is 10.8 Å². The summed E-state index contributed by atoms with van der Waals surface area (Å²) in [5.41, 5.74) is -3.35. The van der Waals surface area contributed by atoms with E-state index in [2.05, 4.69) is 15.1 Å². The van der Waals surface area contributed by atoms with Crippen molar-refractivity contribution in [3.05, 3.63) is 70.7 Å². The van der Waals surface area contributed by atoms with Crippen molar-refractivity contribution >= 4 is 32.8 Å². The highest BCUT2D eigenvalue weighted by Gasteiger charge is 2.37. The molecule has 5 aromatic rings. The van der Waals surface area contributed by atoms with Crippen LogP contribution in [-0.4, -0.2) is 24.3 Å². The quantitative estimate of drug-likeness (QED) is 0.362. The standard InChI is InChI=1S/C20H9F6N5O/c21-12-7-10-11-8-30(19(22)23)29-15(11)18(32)31(17(10)28-16(12)20(24,25)26)14-5-1-4-13-9(14)3-2-6-27-13/h1-8,19H. The molecular formula is C20H9F6N5O. The second-order valence-electron chi connectivity index (χ2n) is 6.82. The van der Waals surface area contributed by atoms with Gasteiger partial charge in [-0.05, 0) is 30.3 Å². The van der Waals surface area contributed by atoms with Crippen molar-refractivity contribution in [2.45, 2.75) is 12.7 Å². The van der Waals surface area contributed by atoms with Gasteiger partial charge >= 0.3 is 12.7 Å². The molecule has 0 aliphatic carbocycles.